The van der Waals surface area contributed by atoms with Gasteiger partial charge in [0.1, 0.15) is 10.7 Å². The minimum Gasteiger partial charge on any atom is -0.367 e. The summed E-state index contributed by atoms with van der Waals surface area (Å²) in [6.45, 7) is 2.38. The summed E-state index contributed by atoms with van der Waals surface area (Å²) in [5, 5.41) is 7.24. The van der Waals surface area contributed by atoms with Crippen LogP contribution >= 0.6 is 0 Å². The number of rotatable bonds is 6. The van der Waals surface area contributed by atoms with E-state index in [2.05, 4.69) is 15.4 Å². The predicted molar refractivity (Wildman–Crippen MR) is 87.6 cm³/mol. The molecule has 3 heterocycles. The van der Waals surface area contributed by atoms with Gasteiger partial charge in [-0.1, -0.05) is 6.42 Å². The lowest BCUT2D eigenvalue weighted by molar-refractivity contribution is 0.346. The Hall–Kier alpha value is -1.93. The van der Waals surface area contributed by atoms with Crippen molar-refractivity contribution in [3.63, 3.8) is 0 Å². The van der Waals surface area contributed by atoms with Crippen molar-refractivity contribution < 1.29 is 8.42 Å². The molecule has 0 aromatic carbocycles. The van der Waals surface area contributed by atoms with Gasteiger partial charge in [-0.05, 0) is 31.0 Å². The molecule has 8 heteroatoms. The van der Waals surface area contributed by atoms with Gasteiger partial charge in [0.15, 0.2) is 0 Å². The first-order chi connectivity index (χ1) is 11.2. The van der Waals surface area contributed by atoms with Crippen molar-refractivity contribution in [3.05, 3.63) is 36.8 Å². The maximum atomic E-state index is 12.8. The summed E-state index contributed by atoms with van der Waals surface area (Å²) >= 11 is 0. The standard InChI is InChI=1S/C15H21N5O2S/c21-23(22,20-11-2-1-3-12-20)14-6-4-7-16-15(14)17-9-13-19-10-5-8-18-19/h4-8,10H,1-3,9,11-13H2,(H,16,17). The van der Waals surface area contributed by atoms with E-state index in [0.717, 1.165) is 19.3 Å². The van der Waals surface area contributed by atoms with Crippen LogP contribution < -0.4 is 5.32 Å². The summed E-state index contributed by atoms with van der Waals surface area (Å²) in [7, 11) is -3.49. The number of nitrogens with one attached hydrogen (secondary N) is 1. The fraction of sp³-hybridized carbons (Fsp3) is 0.467. The molecule has 0 unspecified atom stereocenters. The van der Waals surface area contributed by atoms with Crippen molar-refractivity contribution in [3.8, 4) is 0 Å². The van der Waals surface area contributed by atoms with Crippen molar-refractivity contribution in [2.24, 2.45) is 0 Å². The van der Waals surface area contributed by atoms with E-state index in [1.54, 1.807) is 33.5 Å². The topological polar surface area (TPSA) is 80.1 Å². The predicted octanol–water partition coefficient (Wildman–Crippen LogP) is 1.56. The highest BCUT2D eigenvalue weighted by Crippen LogP contribution is 2.25. The van der Waals surface area contributed by atoms with Crippen LogP contribution in [0.25, 0.3) is 0 Å². The summed E-state index contributed by atoms with van der Waals surface area (Å²) in [5.41, 5.74) is 0. The second-order valence-corrected chi connectivity index (χ2v) is 7.42. The smallest absolute Gasteiger partial charge is 0.246 e. The largest absolute Gasteiger partial charge is 0.367 e. The summed E-state index contributed by atoms with van der Waals surface area (Å²) in [4.78, 5) is 4.46. The summed E-state index contributed by atoms with van der Waals surface area (Å²) < 4.78 is 29.0. The maximum Gasteiger partial charge on any atom is 0.246 e. The number of anilines is 1. The molecule has 1 N–H and O–H groups in total. The van der Waals surface area contributed by atoms with E-state index in [1.807, 2.05) is 12.3 Å². The number of hydrogen-bond acceptors (Lipinski definition) is 5. The monoisotopic (exact) mass is 335 g/mol. The second-order valence-electron chi connectivity index (χ2n) is 5.51. The second kappa shape index (κ2) is 7.10. The van der Waals surface area contributed by atoms with Gasteiger partial charge in [-0.2, -0.15) is 9.40 Å². The van der Waals surface area contributed by atoms with Crippen LogP contribution in [0.5, 0.6) is 0 Å². The van der Waals surface area contributed by atoms with E-state index in [1.165, 1.54) is 0 Å². The van der Waals surface area contributed by atoms with Gasteiger partial charge in [0.05, 0.1) is 6.54 Å². The van der Waals surface area contributed by atoms with Crippen LogP contribution in [0.2, 0.25) is 0 Å². The lowest BCUT2D eigenvalue weighted by Gasteiger charge is -2.26. The molecular weight excluding hydrogens is 314 g/mol. The van der Waals surface area contributed by atoms with Gasteiger partial charge in [-0.15, -0.1) is 0 Å². The number of hydrogen-bond donors (Lipinski definition) is 1. The fourth-order valence-corrected chi connectivity index (χ4v) is 4.33. The summed E-state index contributed by atoms with van der Waals surface area (Å²) in [6, 6.07) is 5.13. The molecule has 124 valence electrons. The average molecular weight is 335 g/mol. The highest BCUT2D eigenvalue weighted by molar-refractivity contribution is 7.89. The van der Waals surface area contributed by atoms with Crippen LogP contribution in [0.15, 0.2) is 41.7 Å². The van der Waals surface area contributed by atoms with Gasteiger partial charge in [-0.25, -0.2) is 13.4 Å². The molecule has 0 aliphatic carbocycles. The van der Waals surface area contributed by atoms with E-state index >= 15 is 0 Å². The van der Waals surface area contributed by atoms with E-state index in [-0.39, 0.29) is 4.90 Å². The molecule has 0 amide bonds. The Morgan fingerprint density at radius 1 is 1.13 bits per heavy atom. The minimum atomic E-state index is -3.49. The Morgan fingerprint density at radius 2 is 1.96 bits per heavy atom. The van der Waals surface area contributed by atoms with E-state index in [9.17, 15) is 8.42 Å². The Balaban J connectivity index is 1.74. The lowest BCUT2D eigenvalue weighted by atomic mass is 10.2. The number of piperidine rings is 1. The molecule has 1 aliphatic rings. The van der Waals surface area contributed by atoms with Crippen LogP contribution in [0.1, 0.15) is 19.3 Å². The molecule has 0 spiro atoms. The third kappa shape index (κ3) is 3.70. The molecule has 3 rings (SSSR count). The first kappa shape index (κ1) is 15.9. The highest BCUT2D eigenvalue weighted by atomic mass is 32.2. The van der Waals surface area contributed by atoms with Crippen LogP contribution in [0.4, 0.5) is 5.82 Å². The van der Waals surface area contributed by atoms with Crippen LogP contribution in [-0.2, 0) is 16.6 Å². The van der Waals surface area contributed by atoms with Gasteiger partial charge >= 0.3 is 0 Å². The molecular formula is C15H21N5O2S. The molecule has 1 saturated heterocycles. The van der Waals surface area contributed by atoms with Gasteiger partial charge < -0.3 is 5.32 Å². The lowest BCUT2D eigenvalue weighted by Crippen LogP contribution is -2.36. The number of nitrogens with zero attached hydrogens (tertiary/aromatic N) is 4. The average Bonchev–Trinajstić information content (AvgIpc) is 3.09. The molecule has 0 bridgehead atoms. The third-order valence-corrected chi connectivity index (χ3v) is 5.83. The van der Waals surface area contributed by atoms with E-state index < -0.39 is 10.0 Å². The Labute approximate surface area is 136 Å². The number of sulfonamides is 1. The molecule has 7 nitrogen and oxygen atoms in total. The quantitative estimate of drug-likeness (QED) is 0.866. The molecule has 23 heavy (non-hydrogen) atoms. The van der Waals surface area contributed by atoms with Crippen molar-refractivity contribution in [2.75, 3.05) is 25.0 Å². The zero-order valence-electron chi connectivity index (χ0n) is 12.9. The van der Waals surface area contributed by atoms with Gasteiger partial charge in [0.25, 0.3) is 0 Å². The molecule has 2 aromatic rings. The van der Waals surface area contributed by atoms with Crippen molar-refractivity contribution in [2.45, 2.75) is 30.7 Å². The highest BCUT2D eigenvalue weighted by Gasteiger charge is 2.28. The Kier molecular flexibility index (Phi) is 4.92. The molecule has 1 fully saturated rings. The van der Waals surface area contributed by atoms with Crippen molar-refractivity contribution >= 4 is 15.8 Å². The van der Waals surface area contributed by atoms with Crippen LogP contribution in [-0.4, -0.2) is 47.1 Å². The molecule has 0 atom stereocenters. The number of pyridine rings is 1. The van der Waals surface area contributed by atoms with E-state index in [0.29, 0.717) is 32.0 Å². The SMILES string of the molecule is O=S(=O)(c1cccnc1NCCn1cccn1)N1CCCCC1. The van der Waals surface area contributed by atoms with E-state index in [4.69, 9.17) is 0 Å². The molecule has 2 aromatic heterocycles. The third-order valence-electron chi connectivity index (χ3n) is 3.90. The summed E-state index contributed by atoms with van der Waals surface area (Å²) in [5.74, 6) is 0.408. The summed E-state index contributed by atoms with van der Waals surface area (Å²) in [6.07, 6.45) is 8.11. The minimum absolute atomic E-state index is 0.252. The number of aromatic nitrogens is 3. The van der Waals surface area contributed by atoms with Crippen LogP contribution in [0, 0.1) is 0 Å². The Bertz CT molecular complexity index is 724. The molecule has 0 radical (unpaired) electrons. The molecule has 0 saturated carbocycles. The first-order valence-corrected chi connectivity index (χ1v) is 9.28. The normalized spacial score (nSPS) is 16.3. The van der Waals surface area contributed by atoms with Gasteiger partial charge in [0, 0.05) is 38.2 Å². The zero-order chi connectivity index (χ0) is 16.1. The van der Waals surface area contributed by atoms with Gasteiger partial charge in [0.2, 0.25) is 10.0 Å². The van der Waals surface area contributed by atoms with Crippen molar-refractivity contribution in [1.82, 2.24) is 19.1 Å². The van der Waals surface area contributed by atoms with Gasteiger partial charge in [-0.3, -0.25) is 4.68 Å². The first-order valence-electron chi connectivity index (χ1n) is 7.84. The Morgan fingerprint density at radius 3 is 2.70 bits per heavy atom. The fourth-order valence-electron chi connectivity index (χ4n) is 2.70. The van der Waals surface area contributed by atoms with Crippen molar-refractivity contribution in [1.29, 1.82) is 0 Å². The molecule has 1 aliphatic heterocycles. The van der Waals surface area contributed by atoms with Crippen LogP contribution in [0.3, 0.4) is 0 Å². The zero-order valence-corrected chi connectivity index (χ0v) is 13.7. The maximum absolute atomic E-state index is 12.8.